The molecule has 0 fully saturated rings. The van der Waals surface area contributed by atoms with Gasteiger partial charge in [0.25, 0.3) is 0 Å². The van der Waals surface area contributed by atoms with E-state index in [1.807, 2.05) is 11.8 Å². The Balaban J connectivity index is 1.12. The monoisotopic (exact) mass is 757 g/mol. The fourth-order valence-electron chi connectivity index (χ4n) is 9.93. The molecule has 2 aliphatic rings. The second-order valence-electron chi connectivity index (χ2n) is 15.2. The Morgan fingerprint density at radius 3 is 1.21 bits per heavy atom. The van der Waals surface area contributed by atoms with Crippen LogP contribution in [0.15, 0.2) is 246 Å². The van der Waals surface area contributed by atoms with Crippen molar-refractivity contribution in [2.24, 2.45) is 0 Å². The Bertz CT molecular complexity index is 2820. The predicted octanol–water partition coefficient (Wildman–Crippen LogP) is 14.4. The molecule has 58 heavy (non-hydrogen) atoms. The summed E-state index contributed by atoms with van der Waals surface area (Å²) in [6.45, 7) is 0. The Hall–Kier alpha value is -6.87. The summed E-state index contributed by atoms with van der Waals surface area (Å²) in [5.74, 6) is 0. The van der Waals surface area contributed by atoms with Crippen molar-refractivity contribution in [1.82, 2.24) is 0 Å². The van der Waals surface area contributed by atoms with E-state index >= 15 is 0 Å². The van der Waals surface area contributed by atoms with Crippen molar-refractivity contribution in [3.63, 3.8) is 0 Å². The van der Waals surface area contributed by atoms with Gasteiger partial charge in [-0.3, -0.25) is 0 Å². The zero-order chi connectivity index (χ0) is 38.5. The summed E-state index contributed by atoms with van der Waals surface area (Å²) in [4.78, 5) is 4.97. The van der Waals surface area contributed by atoms with Crippen molar-refractivity contribution >= 4 is 28.8 Å². The first-order valence-corrected chi connectivity index (χ1v) is 20.8. The van der Waals surface area contributed by atoms with Crippen LogP contribution in [0.4, 0.5) is 17.1 Å². The van der Waals surface area contributed by atoms with Gasteiger partial charge in [-0.1, -0.05) is 200 Å². The summed E-state index contributed by atoms with van der Waals surface area (Å²) >= 11 is 1.87. The van der Waals surface area contributed by atoms with Crippen LogP contribution in [0.1, 0.15) is 44.5 Å². The number of hydrogen-bond acceptors (Lipinski definition) is 2. The smallest absolute Gasteiger partial charge is 0.0724 e. The molecule has 9 aromatic carbocycles. The summed E-state index contributed by atoms with van der Waals surface area (Å²) in [5.41, 5.74) is 15.2. The van der Waals surface area contributed by atoms with Crippen molar-refractivity contribution in [1.29, 1.82) is 0 Å². The fourth-order valence-corrected chi connectivity index (χ4v) is 11.1. The van der Waals surface area contributed by atoms with E-state index in [0.717, 1.165) is 17.1 Å². The van der Waals surface area contributed by atoms with Crippen LogP contribution in [0.3, 0.4) is 0 Å². The van der Waals surface area contributed by atoms with Crippen molar-refractivity contribution < 1.29 is 0 Å². The van der Waals surface area contributed by atoms with Crippen LogP contribution in [-0.2, 0) is 10.8 Å². The van der Waals surface area contributed by atoms with E-state index in [-0.39, 0.29) is 0 Å². The molecule has 1 aliphatic heterocycles. The van der Waals surface area contributed by atoms with Gasteiger partial charge in [-0.2, -0.15) is 0 Å². The quantitative estimate of drug-likeness (QED) is 0.159. The highest BCUT2D eigenvalue weighted by Gasteiger charge is 2.47. The van der Waals surface area contributed by atoms with E-state index in [9.17, 15) is 0 Å². The maximum atomic E-state index is 2.45. The summed E-state index contributed by atoms with van der Waals surface area (Å²) < 4.78 is 0. The van der Waals surface area contributed by atoms with Crippen LogP contribution in [0, 0.1) is 0 Å². The Labute approximate surface area is 344 Å². The molecule has 11 rings (SSSR count). The number of anilines is 3. The first kappa shape index (κ1) is 34.4. The summed E-state index contributed by atoms with van der Waals surface area (Å²) in [6.07, 6.45) is 0. The molecule has 1 heterocycles. The predicted molar refractivity (Wildman–Crippen MR) is 241 cm³/mol. The topological polar surface area (TPSA) is 3.24 Å². The summed E-state index contributed by atoms with van der Waals surface area (Å²) in [6, 6.07) is 87.3. The van der Waals surface area contributed by atoms with Crippen LogP contribution in [-0.4, -0.2) is 0 Å². The van der Waals surface area contributed by atoms with Gasteiger partial charge in [0.05, 0.1) is 10.8 Å². The van der Waals surface area contributed by atoms with E-state index in [4.69, 9.17) is 0 Å². The standard InChI is InChI=1S/C56H39NS/c1-5-19-40(20-6-1)55(49-29-15-13-27-47(49)48-28-14-16-30-50(48)55)43-33-35-45(36-34-43)57(44-25-11-4-12-26-44)46-37-38-54-52(39-46)56(41-21-7-2-8-22-41,42-23-9-3-10-24-42)51-31-17-18-32-53(51)58-54/h1-39H. The number of benzene rings is 9. The maximum absolute atomic E-state index is 2.45. The normalized spacial score (nSPS) is 14.1. The second kappa shape index (κ2) is 14.0. The van der Waals surface area contributed by atoms with E-state index < -0.39 is 10.8 Å². The van der Waals surface area contributed by atoms with E-state index in [0.29, 0.717) is 0 Å². The largest absolute Gasteiger partial charge is 0.310 e. The molecule has 0 amide bonds. The third kappa shape index (κ3) is 5.12. The molecule has 0 saturated carbocycles. The minimum atomic E-state index is -0.521. The molecule has 0 radical (unpaired) electrons. The first-order chi connectivity index (χ1) is 28.8. The maximum Gasteiger partial charge on any atom is 0.0724 e. The van der Waals surface area contributed by atoms with Gasteiger partial charge in [0.1, 0.15) is 0 Å². The van der Waals surface area contributed by atoms with Crippen molar-refractivity contribution in [3.05, 3.63) is 281 Å². The number of hydrogen-bond donors (Lipinski definition) is 0. The molecule has 1 nitrogen and oxygen atoms in total. The highest BCUT2D eigenvalue weighted by Crippen LogP contribution is 2.58. The lowest BCUT2D eigenvalue weighted by atomic mass is 9.64. The van der Waals surface area contributed by atoms with Crippen molar-refractivity contribution in [2.45, 2.75) is 20.6 Å². The zero-order valence-electron chi connectivity index (χ0n) is 31.9. The average Bonchev–Trinajstić information content (AvgIpc) is 3.61. The number of rotatable bonds is 7. The zero-order valence-corrected chi connectivity index (χ0v) is 32.7. The van der Waals surface area contributed by atoms with E-state index in [2.05, 4.69) is 241 Å². The molecule has 274 valence electrons. The SMILES string of the molecule is c1ccc(N(c2ccc(C3(c4ccccc4)c4ccccc4-c4ccccc43)cc2)c2ccc3c(c2)C(c2ccccc2)(c2ccccc2)c2ccccc2S3)cc1. The minimum absolute atomic E-state index is 0.452. The molecule has 0 spiro atoms. The number of para-hydroxylation sites is 1. The molecule has 9 aromatic rings. The van der Waals surface area contributed by atoms with Gasteiger partial charge < -0.3 is 4.90 Å². The lowest BCUT2D eigenvalue weighted by molar-refractivity contribution is 0.703. The van der Waals surface area contributed by atoms with Crippen molar-refractivity contribution in [3.8, 4) is 11.1 Å². The van der Waals surface area contributed by atoms with Crippen LogP contribution in [0.25, 0.3) is 11.1 Å². The van der Waals surface area contributed by atoms with Gasteiger partial charge in [-0.05, 0) is 104 Å². The number of fused-ring (bicyclic) bond motifs is 5. The van der Waals surface area contributed by atoms with Crippen LogP contribution >= 0.6 is 11.8 Å². The molecular weight excluding hydrogens is 719 g/mol. The number of nitrogens with zero attached hydrogens (tertiary/aromatic N) is 1. The molecule has 0 bridgehead atoms. The lowest BCUT2D eigenvalue weighted by Crippen LogP contribution is -2.34. The molecule has 0 saturated heterocycles. The fraction of sp³-hybridized carbons (Fsp3) is 0.0357. The second-order valence-corrected chi connectivity index (χ2v) is 16.3. The van der Waals surface area contributed by atoms with Crippen LogP contribution in [0.5, 0.6) is 0 Å². The molecule has 2 heteroatoms. The van der Waals surface area contributed by atoms with Gasteiger partial charge >= 0.3 is 0 Å². The molecule has 0 aromatic heterocycles. The molecule has 0 N–H and O–H groups in total. The third-order valence-corrected chi connectivity index (χ3v) is 13.4. The Morgan fingerprint density at radius 1 is 0.276 bits per heavy atom. The highest BCUT2D eigenvalue weighted by atomic mass is 32.2. The third-order valence-electron chi connectivity index (χ3n) is 12.3. The van der Waals surface area contributed by atoms with Crippen molar-refractivity contribution in [2.75, 3.05) is 4.90 Å². The van der Waals surface area contributed by atoms with Gasteiger partial charge in [0.2, 0.25) is 0 Å². The summed E-state index contributed by atoms with van der Waals surface area (Å²) in [7, 11) is 0. The Morgan fingerprint density at radius 2 is 0.655 bits per heavy atom. The van der Waals surface area contributed by atoms with E-state index in [1.165, 1.54) is 65.4 Å². The first-order valence-electron chi connectivity index (χ1n) is 20.0. The van der Waals surface area contributed by atoms with Gasteiger partial charge in [0.15, 0.2) is 0 Å². The average molecular weight is 758 g/mol. The van der Waals surface area contributed by atoms with Gasteiger partial charge in [-0.25, -0.2) is 0 Å². The Kier molecular flexibility index (Phi) is 8.27. The summed E-state index contributed by atoms with van der Waals surface area (Å²) in [5, 5.41) is 0. The highest BCUT2D eigenvalue weighted by molar-refractivity contribution is 7.99. The van der Waals surface area contributed by atoms with Gasteiger partial charge in [0, 0.05) is 26.9 Å². The van der Waals surface area contributed by atoms with E-state index in [1.54, 1.807) is 0 Å². The molecule has 0 atom stereocenters. The lowest BCUT2D eigenvalue weighted by Gasteiger charge is -2.42. The van der Waals surface area contributed by atoms with Gasteiger partial charge in [-0.15, -0.1) is 0 Å². The van der Waals surface area contributed by atoms with Crippen LogP contribution < -0.4 is 4.90 Å². The minimum Gasteiger partial charge on any atom is -0.310 e. The van der Waals surface area contributed by atoms with Crippen LogP contribution in [0.2, 0.25) is 0 Å². The molecule has 0 unspecified atom stereocenters. The molecular formula is C56H39NS. The molecule has 1 aliphatic carbocycles.